The number of nitrogens with one attached hydrogen (secondary N) is 1. The Bertz CT molecular complexity index is 1090. The molecule has 2 aliphatic rings. The number of rotatable bonds is 3. The highest BCUT2D eigenvalue weighted by atomic mass is 19.1. The number of amides is 2. The summed E-state index contributed by atoms with van der Waals surface area (Å²) >= 11 is 0. The molecule has 0 saturated heterocycles. The molecule has 3 N–H and O–H groups in total. The molecular weight excluding hydrogens is 369 g/mol. The van der Waals surface area contributed by atoms with Gasteiger partial charge in [-0.25, -0.2) is 14.2 Å². The van der Waals surface area contributed by atoms with Gasteiger partial charge in [0.15, 0.2) is 5.82 Å². The highest BCUT2D eigenvalue weighted by Gasteiger charge is 2.29. The summed E-state index contributed by atoms with van der Waals surface area (Å²) in [6.07, 6.45) is 4.29. The molecule has 1 aromatic carbocycles. The first-order valence-corrected chi connectivity index (χ1v) is 9.63. The lowest BCUT2D eigenvalue weighted by molar-refractivity contribution is 0.212. The first-order valence-electron chi connectivity index (χ1n) is 9.63. The maximum Gasteiger partial charge on any atom is 0.323 e. The molecule has 5 rings (SSSR count). The van der Waals surface area contributed by atoms with Crippen molar-refractivity contribution in [1.29, 1.82) is 0 Å². The van der Waals surface area contributed by atoms with E-state index in [1.807, 2.05) is 6.20 Å². The van der Waals surface area contributed by atoms with Crippen molar-refractivity contribution in [1.82, 2.24) is 14.9 Å². The smallest absolute Gasteiger partial charge is 0.323 e. The molecule has 3 aromatic rings. The number of nitrogens with zero attached hydrogens (tertiary/aromatic N) is 3. The summed E-state index contributed by atoms with van der Waals surface area (Å²) in [5, 5.41) is 2.81. The van der Waals surface area contributed by atoms with Gasteiger partial charge in [0, 0.05) is 36.5 Å². The minimum Gasteiger partial charge on any atom is -0.396 e. The van der Waals surface area contributed by atoms with E-state index < -0.39 is 0 Å². The number of hydrogen-bond donors (Lipinski definition) is 2. The van der Waals surface area contributed by atoms with Gasteiger partial charge in [0.25, 0.3) is 0 Å². The van der Waals surface area contributed by atoms with Crippen LogP contribution in [0.5, 0.6) is 0 Å². The minimum absolute atomic E-state index is 0.260. The lowest BCUT2D eigenvalue weighted by atomic mass is 10.1. The molecule has 7 heteroatoms. The number of anilines is 2. The van der Waals surface area contributed by atoms with Crippen LogP contribution in [0.3, 0.4) is 0 Å². The molecule has 0 radical (unpaired) electrons. The third kappa shape index (κ3) is 3.51. The van der Waals surface area contributed by atoms with Crippen molar-refractivity contribution in [3.8, 4) is 11.3 Å². The van der Waals surface area contributed by atoms with Crippen molar-refractivity contribution in [2.75, 3.05) is 11.1 Å². The molecule has 6 nitrogen and oxygen atoms in total. The lowest BCUT2D eigenvalue weighted by Gasteiger charge is -2.17. The molecule has 0 spiro atoms. The Hall–Kier alpha value is -3.48. The Balaban J connectivity index is 1.33. The normalized spacial score (nSPS) is 15.3. The largest absolute Gasteiger partial charge is 0.396 e. The number of nitrogens with two attached hydrogens (primary N) is 1. The zero-order valence-electron chi connectivity index (χ0n) is 15.7. The Morgan fingerprint density at radius 2 is 1.86 bits per heavy atom. The number of carbonyl (C=O) groups excluding carboxylic acids is 1. The van der Waals surface area contributed by atoms with E-state index in [9.17, 15) is 9.18 Å². The highest BCUT2D eigenvalue weighted by molar-refractivity contribution is 5.92. The molecule has 29 heavy (non-hydrogen) atoms. The predicted molar refractivity (Wildman–Crippen MR) is 109 cm³/mol. The van der Waals surface area contributed by atoms with Crippen LogP contribution < -0.4 is 11.1 Å². The molecule has 0 unspecified atom stereocenters. The van der Waals surface area contributed by atoms with E-state index in [0.29, 0.717) is 36.2 Å². The molecule has 0 bridgehead atoms. The van der Waals surface area contributed by atoms with Gasteiger partial charge in [0.2, 0.25) is 0 Å². The fraction of sp³-hybridized carbons (Fsp3) is 0.227. The van der Waals surface area contributed by atoms with Crippen molar-refractivity contribution in [3.05, 3.63) is 71.3 Å². The van der Waals surface area contributed by atoms with Crippen LogP contribution in [0.15, 0.2) is 48.7 Å². The van der Waals surface area contributed by atoms with E-state index in [1.165, 1.54) is 25.0 Å². The van der Waals surface area contributed by atoms with Gasteiger partial charge in [-0.1, -0.05) is 0 Å². The fourth-order valence-electron chi connectivity index (χ4n) is 3.58. The monoisotopic (exact) mass is 389 g/mol. The predicted octanol–water partition coefficient (Wildman–Crippen LogP) is 4.29. The van der Waals surface area contributed by atoms with E-state index in [-0.39, 0.29) is 11.8 Å². The summed E-state index contributed by atoms with van der Waals surface area (Å²) in [7, 11) is 0. The molecule has 2 amide bonds. The molecule has 1 fully saturated rings. The van der Waals surface area contributed by atoms with E-state index in [4.69, 9.17) is 5.73 Å². The van der Waals surface area contributed by atoms with Gasteiger partial charge in [-0.15, -0.1) is 0 Å². The number of pyridine rings is 2. The van der Waals surface area contributed by atoms with Crippen molar-refractivity contribution in [3.63, 3.8) is 0 Å². The van der Waals surface area contributed by atoms with Crippen LogP contribution in [0.1, 0.15) is 35.6 Å². The van der Waals surface area contributed by atoms with Crippen LogP contribution in [-0.2, 0) is 13.1 Å². The zero-order valence-corrected chi connectivity index (χ0v) is 15.7. The Labute approximate surface area is 167 Å². The molecule has 2 aromatic heterocycles. The maximum absolute atomic E-state index is 13.2. The number of fused-ring (bicyclic) bond motifs is 1. The van der Waals surface area contributed by atoms with Crippen LogP contribution in [-0.4, -0.2) is 20.9 Å². The average molecular weight is 389 g/mol. The van der Waals surface area contributed by atoms with Gasteiger partial charge in [-0.05, 0) is 66.4 Å². The number of urea groups is 1. The van der Waals surface area contributed by atoms with Crippen molar-refractivity contribution in [2.24, 2.45) is 0 Å². The van der Waals surface area contributed by atoms with Gasteiger partial charge in [-0.2, -0.15) is 0 Å². The second kappa shape index (κ2) is 6.84. The summed E-state index contributed by atoms with van der Waals surface area (Å²) < 4.78 is 13.2. The summed E-state index contributed by atoms with van der Waals surface area (Å²) in [4.78, 5) is 23.5. The lowest BCUT2D eigenvalue weighted by Crippen LogP contribution is -2.30. The van der Waals surface area contributed by atoms with Crippen molar-refractivity contribution < 1.29 is 9.18 Å². The SMILES string of the molecule is Nc1ccc(-c2ccc(F)cc2)nc1NC(=O)N1Cc2cnc(C3CC3)cc2C1. The Kier molecular flexibility index (Phi) is 4.16. The van der Waals surface area contributed by atoms with E-state index in [0.717, 1.165) is 22.4 Å². The molecule has 1 aliphatic carbocycles. The van der Waals surface area contributed by atoms with Crippen LogP contribution in [0.25, 0.3) is 11.3 Å². The summed E-state index contributed by atoms with van der Waals surface area (Å²) in [6, 6.07) is 11.3. The molecular formula is C22H20FN5O. The van der Waals surface area contributed by atoms with Crippen LogP contribution in [0.4, 0.5) is 20.7 Å². The van der Waals surface area contributed by atoms with Gasteiger partial charge >= 0.3 is 6.03 Å². The minimum atomic E-state index is -0.314. The van der Waals surface area contributed by atoms with Crippen LogP contribution >= 0.6 is 0 Å². The number of benzene rings is 1. The average Bonchev–Trinajstić information content (AvgIpc) is 3.48. The van der Waals surface area contributed by atoms with Gasteiger partial charge in [-0.3, -0.25) is 10.3 Å². The molecule has 1 saturated carbocycles. The maximum atomic E-state index is 13.2. The van der Waals surface area contributed by atoms with E-state index in [1.54, 1.807) is 29.2 Å². The van der Waals surface area contributed by atoms with E-state index >= 15 is 0 Å². The van der Waals surface area contributed by atoms with Gasteiger partial charge < -0.3 is 10.6 Å². The zero-order chi connectivity index (χ0) is 20.0. The van der Waals surface area contributed by atoms with E-state index in [2.05, 4.69) is 21.4 Å². The summed E-state index contributed by atoms with van der Waals surface area (Å²) in [6.45, 7) is 1.05. The number of hydrogen-bond acceptors (Lipinski definition) is 4. The van der Waals surface area contributed by atoms with Crippen molar-refractivity contribution in [2.45, 2.75) is 31.8 Å². The number of carbonyl (C=O) groups is 1. The quantitative estimate of drug-likeness (QED) is 0.700. The van der Waals surface area contributed by atoms with Crippen LogP contribution in [0, 0.1) is 5.82 Å². The third-order valence-corrected chi connectivity index (χ3v) is 5.40. The second-order valence-electron chi connectivity index (χ2n) is 7.58. The first-order chi connectivity index (χ1) is 14.1. The number of aromatic nitrogens is 2. The molecule has 0 atom stereocenters. The first kappa shape index (κ1) is 17.6. The second-order valence-corrected chi connectivity index (χ2v) is 7.58. The van der Waals surface area contributed by atoms with Gasteiger partial charge in [0.1, 0.15) is 5.82 Å². The fourth-order valence-corrected chi connectivity index (χ4v) is 3.58. The topological polar surface area (TPSA) is 84.1 Å². The number of nitrogen functional groups attached to an aromatic ring is 1. The molecule has 1 aliphatic heterocycles. The van der Waals surface area contributed by atoms with Gasteiger partial charge in [0.05, 0.1) is 11.4 Å². The van der Waals surface area contributed by atoms with Crippen molar-refractivity contribution >= 4 is 17.5 Å². The third-order valence-electron chi connectivity index (χ3n) is 5.40. The summed E-state index contributed by atoms with van der Waals surface area (Å²) in [5.74, 6) is 0.566. The standard InChI is InChI=1S/C22H20FN5O/c23-17-5-3-13(4-6-17)19-8-7-18(24)21(26-19)27-22(29)28-11-15-9-20(14-1-2-14)25-10-16(15)12-28/h3-10,14H,1-2,11-12,24H2,(H,26,27,29). The molecule has 3 heterocycles. The van der Waals surface area contributed by atoms with Crippen LogP contribution in [0.2, 0.25) is 0 Å². The molecule has 146 valence electrons. The highest BCUT2D eigenvalue weighted by Crippen LogP contribution is 2.40. The summed E-state index contributed by atoms with van der Waals surface area (Å²) in [5.41, 5.74) is 11.1. The Morgan fingerprint density at radius 3 is 2.62 bits per heavy atom. The Morgan fingerprint density at radius 1 is 1.10 bits per heavy atom. The number of halogens is 1.